The molecule has 2 heterocycles. The summed E-state index contributed by atoms with van der Waals surface area (Å²) in [6.07, 6.45) is 3.99. The molecule has 1 fully saturated rings. The van der Waals surface area contributed by atoms with Crippen LogP contribution in [0.2, 0.25) is 0 Å². The second-order valence-corrected chi connectivity index (χ2v) is 7.14. The number of aromatic amines is 1. The Hall–Kier alpha value is -2.67. The van der Waals surface area contributed by atoms with E-state index in [-0.39, 0.29) is 23.9 Å². The first-order valence-electron chi connectivity index (χ1n) is 9.35. The normalized spacial score (nSPS) is 19.8. The maximum atomic E-state index is 12.8. The van der Waals surface area contributed by atoms with Gasteiger partial charge in [0, 0.05) is 43.1 Å². The number of nitrogens with one attached hydrogen (secondary N) is 3. The molecule has 1 aromatic heterocycles. The van der Waals surface area contributed by atoms with Crippen molar-refractivity contribution in [2.75, 3.05) is 13.1 Å². The molecule has 27 heavy (non-hydrogen) atoms. The number of imidazole rings is 1. The standard InChI is InChI=1S/C20H27N5O2/c1-4-22-20(27)18-8-15(10-25(18)11-16-9-21-12-23-16)24-19(26)17-7-13(2)5-6-14(17)3/h5-7,9,12,15,18H,4,8,10-11H2,1-3H3,(H,21,23)(H,22,27)(H,24,26). The van der Waals surface area contributed by atoms with Gasteiger partial charge in [-0.2, -0.15) is 0 Å². The van der Waals surface area contributed by atoms with Crippen molar-refractivity contribution >= 4 is 11.8 Å². The third kappa shape index (κ3) is 4.54. The summed E-state index contributed by atoms with van der Waals surface area (Å²) in [5.41, 5.74) is 3.64. The fraction of sp³-hybridized carbons (Fsp3) is 0.450. The maximum absolute atomic E-state index is 12.8. The van der Waals surface area contributed by atoms with E-state index in [4.69, 9.17) is 0 Å². The van der Waals surface area contributed by atoms with Gasteiger partial charge in [-0.3, -0.25) is 14.5 Å². The predicted molar refractivity (Wildman–Crippen MR) is 103 cm³/mol. The Bertz CT molecular complexity index is 803. The molecule has 2 amide bonds. The van der Waals surface area contributed by atoms with Crippen molar-refractivity contribution in [3.05, 3.63) is 53.1 Å². The fourth-order valence-corrected chi connectivity index (χ4v) is 3.58. The fourth-order valence-electron chi connectivity index (χ4n) is 3.58. The highest BCUT2D eigenvalue weighted by Crippen LogP contribution is 2.21. The van der Waals surface area contributed by atoms with E-state index in [1.165, 1.54) is 0 Å². The van der Waals surface area contributed by atoms with Crippen LogP contribution in [0, 0.1) is 13.8 Å². The molecule has 1 aromatic carbocycles. The molecule has 1 saturated heterocycles. The molecule has 0 radical (unpaired) electrons. The van der Waals surface area contributed by atoms with Crippen molar-refractivity contribution in [1.82, 2.24) is 25.5 Å². The molecule has 3 rings (SSSR count). The molecule has 0 aliphatic carbocycles. The first-order valence-corrected chi connectivity index (χ1v) is 9.35. The highest BCUT2D eigenvalue weighted by atomic mass is 16.2. The van der Waals surface area contributed by atoms with E-state index in [0.29, 0.717) is 31.6 Å². The Morgan fingerprint density at radius 1 is 1.33 bits per heavy atom. The molecule has 2 atom stereocenters. The SMILES string of the molecule is CCNC(=O)C1CC(NC(=O)c2cc(C)ccc2C)CN1Cc1cnc[nH]1. The van der Waals surface area contributed by atoms with Gasteiger partial charge in [0.1, 0.15) is 0 Å². The average Bonchev–Trinajstić information content (AvgIpc) is 3.27. The minimum atomic E-state index is -0.267. The zero-order valence-electron chi connectivity index (χ0n) is 16.1. The van der Waals surface area contributed by atoms with Crippen molar-refractivity contribution in [3.63, 3.8) is 0 Å². The third-order valence-corrected chi connectivity index (χ3v) is 4.96. The molecule has 3 N–H and O–H groups in total. The van der Waals surface area contributed by atoms with Gasteiger partial charge < -0.3 is 15.6 Å². The van der Waals surface area contributed by atoms with Gasteiger partial charge >= 0.3 is 0 Å². The molecule has 1 aliphatic rings. The van der Waals surface area contributed by atoms with E-state index in [9.17, 15) is 9.59 Å². The number of rotatable bonds is 6. The van der Waals surface area contributed by atoms with Gasteiger partial charge in [-0.1, -0.05) is 17.7 Å². The smallest absolute Gasteiger partial charge is 0.251 e. The van der Waals surface area contributed by atoms with Crippen LogP contribution in [0.5, 0.6) is 0 Å². The number of carbonyl (C=O) groups excluding carboxylic acids is 2. The second-order valence-electron chi connectivity index (χ2n) is 7.14. The van der Waals surface area contributed by atoms with E-state index in [1.54, 1.807) is 12.5 Å². The zero-order chi connectivity index (χ0) is 19.4. The highest BCUT2D eigenvalue weighted by Gasteiger charge is 2.37. The number of hydrogen-bond acceptors (Lipinski definition) is 4. The Morgan fingerprint density at radius 2 is 2.15 bits per heavy atom. The van der Waals surface area contributed by atoms with Crippen molar-refractivity contribution in [2.45, 2.75) is 45.8 Å². The topological polar surface area (TPSA) is 90.1 Å². The number of H-pyrrole nitrogens is 1. The minimum Gasteiger partial charge on any atom is -0.355 e. The minimum absolute atomic E-state index is 0.000463. The van der Waals surface area contributed by atoms with Crippen LogP contribution in [0.25, 0.3) is 0 Å². The number of nitrogens with zero attached hydrogens (tertiary/aromatic N) is 2. The lowest BCUT2D eigenvalue weighted by Crippen LogP contribution is -2.42. The summed E-state index contributed by atoms with van der Waals surface area (Å²) in [5.74, 6) is -0.0836. The average molecular weight is 369 g/mol. The maximum Gasteiger partial charge on any atom is 0.251 e. The van der Waals surface area contributed by atoms with E-state index >= 15 is 0 Å². The summed E-state index contributed by atoms with van der Waals surface area (Å²) in [7, 11) is 0. The number of likely N-dealkylation sites (N-methyl/N-ethyl adjacent to an activating group) is 1. The molecule has 144 valence electrons. The van der Waals surface area contributed by atoms with Crippen LogP contribution < -0.4 is 10.6 Å². The number of aryl methyl sites for hydroxylation is 2. The van der Waals surface area contributed by atoms with E-state index in [1.807, 2.05) is 39.0 Å². The van der Waals surface area contributed by atoms with Crippen molar-refractivity contribution in [1.29, 1.82) is 0 Å². The van der Waals surface area contributed by atoms with Crippen LogP contribution in [-0.2, 0) is 11.3 Å². The predicted octanol–water partition coefficient (Wildman–Crippen LogP) is 1.54. The molecule has 0 bridgehead atoms. The van der Waals surface area contributed by atoms with E-state index < -0.39 is 0 Å². The zero-order valence-corrected chi connectivity index (χ0v) is 16.1. The van der Waals surface area contributed by atoms with Crippen molar-refractivity contribution in [2.24, 2.45) is 0 Å². The van der Waals surface area contributed by atoms with Gasteiger partial charge in [0.25, 0.3) is 5.91 Å². The van der Waals surface area contributed by atoms with Crippen molar-refractivity contribution in [3.8, 4) is 0 Å². The number of aromatic nitrogens is 2. The molecule has 7 nitrogen and oxygen atoms in total. The van der Waals surface area contributed by atoms with Gasteiger partial charge in [-0.05, 0) is 38.8 Å². The number of amides is 2. The molecule has 7 heteroatoms. The molecule has 1 aliphatic heterocycles. The van der Waals surface area contributed by atoms with Crippen LogP contribution in [0.3, 0.4) is 0 Å². The van der Waals surface area contributed by atoms with Crippen LogP contribution in [0.1, 0.15) is 40.5 Å². The summed E-state index contributed by atoms with van der Waals surface area (Å²) < 4.78 is 0. The number of hydrogen-bond donors (Lipinski definition) is 3. The Balaban J connectivity index is 1.71. The van der Waals surface area contributed by atoms with Gasteiger partial charge in [-0.15, -0.1) is 0 Å². The number of benzene rings is 1. The molecule has 0 spiro atoms. The number of carbonyl (C=O) groups is 2. The van der Waals surface area contributed by atoms with E-state index in [2.05, 4.69) is 25.5 Å². The first kappa shape index (κ1) is 19.1. The summed E-state index contributed by atoms with van der Waals surface area (Å²) in [6, 6.07) is 5.52. The van der Waals surface area contributed by atoms with Crippen LogP contribution in [0.4, 0.5) is 0 Å². The van der Waals surface area contributed by atoms with Crippen LogP contribution in [0.15, 0.2) is 30.7 Å². The monoisotopic (exact) mass is 369 g/mol. The quantitative estimate of drug-likeness (QED) is 0.720. The lowest BCUT2D eigenvalue weighted by Gasteiger charge is -2.22. The summed E-state index contributed by atoms with van der Waals surface area (Å²) in [5, 5.41) is 6.01. The van der Waals surface area contributed by atoms with Gasteiger partial charge in [0.2, 0.25) is 5.91 Å². The molecular formula is C20H27N5O2. The summed E-state index contributed by atoms with van der Waals surface area (Å²) >= 11 is 0. The molecule has 2 aromatic rings. The van der Waals surface area contributed by atoms with Gasteiger partial charge in [0.05, 0.1) is 12.4 Å². The molecule has 2 unspecified atom stereocenters. The summed E-state index contributed by atoms with van der Waals surface area (Å²) in [6.45, 7) is 7.63. The largest absolute Gasteiger partial charge is 0.355 e. The van der Waals surface area contributed by atoms with Crippen LogP contribution >= 0.6 is 0 Å². The van der Waals surface area contributed by atoms with Gasteiger partial charge in [-0.25, -0.2) is 4.98 Å². The number of likely N-dealkylation sites (tertiary alicyclic amines) is 1. The Labute approximate surface area is 159 Å². The Kier molecular flexibility index (Phi) is 5.91. The lowest BCUT2D eigenvalue weighted by atomic mass is 10.0. The van der Waals surface area contributed by atoms with Crippen LogP contribution in [-0.4, -0.2) is 51.9 Å². The Morgan fingerprint density at radius 3 is 2.85 bits per heavy atom. The van der Waals surface area contributed by atoms with E-state index in [0.717, 1.165) is 16.8 Å². The van der Waals surface area contributed by atoms with Crippen molar-refractivity contribution < 1.29 is 9.59 Å². The second kappa shape index (κ2) is 8.35. The first-order chi connectivity index (χ1) is 13.0. The summed E-state index contributed by atoms with van der Waals surface area (Å²) in [4.78, 5) is 34.5. The lowest BCUT2D eigenvalue weighted by molar-refractivity contribution is -0.125. The highest BCUT2D eigenvalue weighted by molar-refractivity contribution is 5.96. The third-order valence-electron chi connectivity index (χ3n) is 4.96. The molecular weight excluding hydrogens is 342 g/mol. The van der Waals surface area contributed by atoms with Gasteiger partial charge in [0.15, 0.2) is 0 Å². The molecule has 0 saturated carbocycles.